The van der Waals surface area contributed by atoms with Crippen molar-refractivity contribution in [2.75, 3.05) is 6.61 Å². The molecule has 1 heterocycles. The molecule has 0 saturated carbocycles. The van der Waals surface area contributed by atoms with Crippen LogP contribution in [0.4, 0.5) is 0 Å². The maximum absolute atomic E-state index is 11.8. The van der Waals surface area contributed by atoms with Crippen molar-refractivity contribution >= 4 is 23.6 Å². The Morgan fingerprint density at radius 2 is 1.88 bits per heavy atom. The molecule has 0 N–H and O–H groups in total. The van der Waals surface area contributed by atoms with Crippen molar-refractivity contribution in [1.29, 1.82) is 0 Å². The lowest BCUT2D eigenvalue weighted by atomic mass is 10.1. The molecule has 0 bridgehead atoms. The van der Waals surface area contributed by atoms with E-state index in [-0.39, 0.29) is 5.97 Å². The molecule has 0 fully saturated rings. The highest BCUT2D eigenvalue weighted by Crippen LogP contribution is 2.34. The summed E-state index contributed by atoms with van der Waals surface area (Å²) in [5, 5.41) is 0.426. The van der Waals surface area contributed by atoms with Gasteiger partial charge < -0.3 is 14.2 Å². The fraction of sp³-hybridized carbons (Fsp3) is 0.259. The van der Waals surface area contributed by atoms with E-state index < -0.39 is 0 Å². The first-order valence-corrected chi connectivity index (χ1v) is 11.3. The molecule has 33 heavy (non-hydrogen) atoms. The van der Waals surface area contributed by atoms with Crippen LogP contribution in [0.3, 0.4) is 0 Å². The van der Waals surface area contributed by atoms with Crippen LogP contribution in [0.1, 0.15) is 42.0 Å². The number of aromatic nitrogens is 1. The maximum Gasteiger partial charge on any atom is 0.330 e. The Morgan fingerprint density at radius 3 is 2.55 bits per heavy atom. The minimum Gasteiger partial charge on any atom is -0.487 e. The molecule has 6 heteroatoms. The summed E-state index contributed by atoms with van der Waals surface area (Å²) in [4.78, 5) is 16.1. The lowest BCUT2D eigenvalue weighted by molar-refractivity contribution is -0.137. The van der Waals surface area contributed by atoms with Gasteiger partial charge in [0.15, 0.2) is 5.75 Å². The zero-order valence-corrected chi connectivity index (χ0v) is 19.9. The number of halogens is 1. The summed E-state index contributed by atoms with van der Waals surface area (Å²) in [6, 6.07) is 15.4. The van der Waals surface area contributed by atoms with Crippen molar-refractivity contribution in [2.24, 2.45) is 0 Å². The number of nitrogens with zero attached hydrogens (tertiary/aromatic N) is 1. The van der Waals surface area contributed by atoms with Gasteiger partial charge in [0.05, 0.1) is 17.8 Å². The second-order valence-electron chi connectivity index (χ2n) is 7.71. The van der Waals surface area contributed by atoms with Crippen molar-refractivity contribution in [3.8, 4) is 17.4 Å². The molecule has 0 aliphatic rings. The van der Waals surface area contributed by atoms with E-state index in [0.717, 1.165) is 29.5 Å². The molecule has 0 amide bonds. The average Bonchev–Trinajstić information content (AvgIpc) is 2.81. The summed E-state index contributed by atoms with van der Waals surface area (Å²) in [5.74, 6) is 1.20. The first kappa shape index (κ1) is 24.3. The van der Waals surface area contributed by atoms with Gasteiger partial charge in [-0.3, -0.25) is 0 Å². The van der Waals surface area contributed by atoms with Crippen LogP contribution >= 0.6 is 11.6 Å². The Bertz CT molecular complexity index is 1070. The lowest BCUT2D eigenvalue weighted by Crippen LogP contribution is -2.01. The zero-order valence-electron chi connectivity index (χ0n) is 19.1. The number of esters is 1. The van der Waals surface area contributed by atoms with Gasteiger partial charge in [0.25, 0.3) is 0 Å². The Hall–Kier alpha value is -3.31. The molecule has 0 spiro atoms. The van der Waals surface area contributed by atoms with Crippen molar-refractivity contribution in [3.63, 3.8) is 0 Å². The number of hydrogen-bond acceptors (Lipinski definition) is 5. The summed E-state index contributed by atoms with van der Waals surface area (Å²) >= 11 is 6.43. The number of unbranched alkanes of at least 4 members (excludes halogenated alkanes) is 1. The van der Waals surface area contributed by atoms with Crippen LogP contribution in [0, 0.1) is 13.8 Å². The molecule has 0 unspecified atom stereocenters. The normalized spacial score (nSPS) is 10.9. The minimum absolute atomic E-state index is 0.369. The molecule has 0 aliphatic carbocycles. The van der Waals surface area contributed by atoms with Gasteiger partial charge in [-0.05, 0) is 61.2 Å². The smallest absolute Gasteiger partial charge is 0.330 e. The third kappa shape index (κ3) is 7.65. The summed E-state index contributed by atoms with van der Waals surface area (Å²) in [5.41, 5.74) is 3.91. The van der Waals surface area contributed by atoms with E-state index in [9.17, 15) is 4.79 Å². The SMILES string of the molecule is CCCCOC(=O)C=Cc1cc(C)c(Oc2ccc(OCc3ccc(C)cc3)cn2)c(Cl)c1. The van der Waals surface area contributed by atoms with E-state index in [4.69, 9.17) is 25.8 Å². The van der Waals surface area contributed by atoms with E-state index >= 15 is 0 Å². The number of pyridine rings is 1. The van der Waals surface area contributed by atoms with Crippen LogP contribution in [-0.4, -0.2) is 17.6 Å². The van der Waals surface area contributed by atoms with Crippen molar-refractivity contribution < 1.29 is 19.0 Å². The second-order valence-corrected chi connectivity index (χ2v) is 8.12. The van der Waals surface area contributed by atoms with Crippen LogP contribution in [-0.2, 0) is 16.1 Å². The van der Waals surface area contributed by atoms with E-state index in [1.54, 1.807) is 30.5 Å². The number of hydrogen-bond donors (Lipinski definition) is 0. The Kier molecular flexibility index (Phi) is 8.90. The Labute approximate surface area is 200 Å². The monoisotopic (exact) mass is 465 g/mol. The minimum atomic E-state index is -0.369. The predicted molar refractivity (Wildman–Crippen MR) is 131 cm³/mol. The fourth-order valence-corrected chi connectivity index (χ4v) is 3.29. The van der Waals surface area contributed by atoms with Gasteiger partial charge in [-0.1, -0.05) is 54.8 Å². The van der Waals surface area contributed by atoms with E-state index in [1.807, 2.05) is 32.0 Å². The van der Waals surface area contributed by atoms with Crippen LogP contribution in [0.2, 0.25) is 5.02 Å². The zero-order chi connectivity index (χ0) is 23.6. The average molecular weight is 466 g/mol. The Balaban J connectivity index is 1.59. The molecule has 172 valence electrons. The molecule has 3 aromatic rings. The molecule has 0 radical (unpaired) electrons. The number of benzene rings is 2. The highest BCUT2D eigenvalue weighted by atomic mass is 35.5. The van der Waals surface area contributed by atoms with Gasteiger partial charge in [0.1, 0.15) is 12.4 Å². The molecular formula is C27H28ClNO4. The number of carbonyl (C=O) groups excluding carboxylic acids is 1. The molecule has 1 aromatic heterocycles. The van der Waals surface area contributed by atoms with Gasteiger partial charge >= 0.3 is 5.97 Å². The quantitative estimate of drug-likeness (QED) is 0.182. The molecule has 3 rings (SSSR count). The van der Waals surface area contributed by atoms with Crippen LogP contribution in [0.15, 0.2) is 60.8 Å². The maximum atomic E-state index is 11.8. The predicted octanol–water partition coefficient (Wildman–Crippen LogP) is 7.08. The van der Waals surface area contributed by atoms with Crippen molar-refractivity contribution in [3.05, 3.63) is 88.1 Å². The number of carbonyl (C=O) groups is 1. The van der Waals surface area contributed by atoms with Gasteiger partial charge in [-0.25, -0.2) is 9.78 Å². The molecule has 0 saturated heterocycles. The van der Waals surface area contributed by atoms with Crippen LogP contribution < -0.4 is 9.47 Å². The summed E-state index contributed by atoms with van der Waals surface area (Å²) in [6.45, 7) is 6.87. The third-order valence-corrected chi connectivity index (χ3v) is 5.13. The Morgan fingerprint density at radius 1 is 1.09 bits per heavy atom. The van der Waals surface area contributed by atoms with Gasteiger partial charge in [0, 0.05) is 12.1 Å². The van der Waals surface area contributed by atoms with Crippen molar-refractivity contribution in [2.45, 2.75) is 40.2 Å². The van der Waals surface area contributed by atoms with Crippen LogP contribution in [0.25, 0.3) is 6.08 Å². The number of ether oxygens (including phenoxy) is 3. The molecule has 2 aromatic carbocycles. The van der Waals surface area contributed by atoms with Gasteiger partial charge in [-0.15, -0.1) is 0 Å². The van der Waals surface area contributed by atoms with E-state index in [0.29, 0.717) is 35.6 Å². The highest BCUT2D eigenvalue weighted by Gasteiger charge is 2.10. The molecule has 0 aliphatic heterocycles. The summed E-state index contributed by atoms with van der Waals surface area (Å²) < 4.78 is 16.8. The first-order valence-electron chi connectivity index (χ1n) is 10.9. The molecule has 5 nitrogen and oxygen atoms in total. The fourth-order valence-electron chi connectivity index (χ4n) is 2.98. The van der Waals surface area contributed by atoms with Crippen LogP contribution in [0.5, 0.6) is 17.4 Å². The van der Waals surface area contributed by atoms with Gasteiger partial charge in [-0.2, -0.15) is 0 Å². The summed E-state index contributed by atoms with van der Waals surface area (Å²) in [7, 11) is 0. The lowest BCUT2D eigenvalue weighted by Gasteiger charge is -2.12. The number of aryl methyl sites for hydroxylation is 2. The number of rotatable bonds is 10. The first-order chi connectivity index (χ1) is 15.9. The largest absolute Gasteiger partial charge is 0.487 e. The molecule has 0 atom stereocenters. The van der Waals surface area contributed by atoms with Gasteiger partial charge in [0.2, 0.25) is 5.88 Å². The van der Waals surface area contributed by atoms with E-state index in [1.165, 1.54) is 11.6 Å². The second kappa shape index (κ2) is 12.1. The third-order valence-electron chi connectivity index (χ3n) is 4.85. The highest BCUT2D eigenvalue weighted by molar-refractivity contribution is 6.32. The van der Waals surface area contributed by atoms with Crippen molar-refractivity contribution in [1.82, 2.24) is 4.98 Å². The standard InChI is InChI=1S/C27H28ClNO4/c1-4-5-14-31-26(30)13-10-22-15-20(3)27(24(28)16-22)33-25-12-11-23(17-29-25)32-18-21-8-6-19(2)7-9-21/h6-13,15-17H,4-5,14,18H2,1-3H3. The molecular weight excluding hydrogens is 438 g/mol. The van der Waals surface area contributed by atoms with E-state index in [2.05, 4.69) is 24.0 Å². The topological polar surface area (TPSA) is 57.7 Å². The summed E-state index contributed by atoms with van der Waals surface area (Å²) in [6.07, 6.45) is 6.53.